The number of hydrogen-bond acceptors (Lipinski definition) is 3. The van der Waals surface area contributed by atoms with Gasteiger partial charge in [-0.05, 0) is 42.8 Å². The lowest BCUT2D eigenvalue weighted by molar-refractivity contribution is -0.126. The summed E-state index contributed by atoms with van der Waals surface area (Å²) in [5, 5.41) is 6.32. The maximum atomic E-state index is 12.7. The normalized spacial score (nSPS) is 19.9. The van der Waals surface area contributed by atoms with E-state index < -0.39 is 0 Å². The molecular weight excluding hydrogens is 374 g/mol. The lowest BCUT2D eigenvalue weighted by atomic mass is 10.0. The average Bonchev–Trinajstić information content (AvgIpc) is 2.80. The van der Waals surface area contributed by atoms with Crippen LogP contribution in [0, 0.1) is 0 Å². The molecule has 0 spiro atoms. The minimum Gasteiger partial charge on any atom is -0.339 e. The summed E-state index contributed by atoms with van der Waals surface area (Å²) >= 11 is 0. The lowest BCUT2D eigenvalue weighted by Gasteiger charge is -2.22. The van der Waals surface area contributed by atoms with Crippen LogP contribution in [0.2, 0.25) is 0 Å². The molecule has 0 fully saturated rings. The van der Waals surface area contributed by atoms with E-state index in [1.807, 2.05) is 77.7 Å². The smallest absolute Gasteiger partial charge is 0.246 e. The molecule has 2 N–H and O–H groups in total. The Balaban J connectivity index is 1.64. The number of nitrogens with one attached hydrogen (secondary N) is 2. The van der Waals surface area contributed by atoms with Gasteiger partial charge in [-0.3, -0.25) is 9.59 Å². The number of carbonyl (C=O) groups excluding carboxylic acids is 2. The molecule has 30 heavy (non-hydrogen) atoms. The Kier molecular flexibility index (Phi) is 8.42. The quantitative estimate of drug-likeness (QED) is 0.769. The van der Waals surface area contributed by atoms with Gasteiger partial charge in [-0.1, -0.05) is 66.7 Å². The Morgan fingerprint density at radius 1 is 1.00 bits per heavy atom. The van der Waals surface area contributed by atoms with Crippen molar-refractivity contribution in [2.45, 2.75) is 25.3 Å². The van der Waals surface area contributed by atoms with Crippen LogP contribution in [0.5, 0.6) is 0 Å². The van der Waals surface area contributed by atoms with E-state index in [-0.39, 0.29) is 17.9 Å². The van der Waals surface area contributed by atoms with Crippen molar-refractivity contribution in [2.75, 3.05) is 19.6 Å². The van der Waals surface area contributed by atoms with Crippen LogP contribution in [0.1, 0.15) is 36.4 Å². The van der Waals surface area contributed by atoms with Crippen molar-refractivity contribution in [2.24, 2.45) is 0 Å². The van der Waals surface area contributed by atoms with Crippen LogP contribution < -0.4 is 10.6 Å². The Labute approximate surface area is 178 Å². The van der Waals surface area contributed by atoms with Crippen molar-refractivity contribution in [3.63, 3.8) is 0 Å². The second-order valence-corrected chi connectivity index (χ2v) is 7.30. The summed E-state index contributed by atoms with van der Waals surface area (Å²) in [6.45, 7) is 2.01. The summed E-state index contributed by atoms with van der Waals surface area (Å²) < 4.78 is 0. The Hall–Kier alpha value is -3.18. The van der Waals surface area contributed by atoms with Gasteiger partial charge in [0.1, 0.15) is 0 Å². The van der Waals surface area contributed by atoms with E-state index in [2.05, 4.69) is 10.6 Å². The molecule has 0 bridgehead atoms. The van der Waals surface area contributed by atoms with Gasteiger partial charge in [0.2, 0.25) is 11.8 Å². The zero-order chi connectivity index (χ0) is 21.0. The molecule has 1 heterocycles. The molecule has 0 radical (unpaired) electrons. The maximum absolute atomic E-state index is 12.7. The zero-order valence-electron chi connectivity index (χ0n) is 17.2. The fourth-order valence-electron chi connectivity index (χ4n) is 3.42. The monoisotopic (exact) mass is 403 g/mol. The summed E-state index contributed by atoms with van der Waals surface area (Å²) in [7, 11) is 0. The molecule has 1 aliphatic rings. The minimum absolute atomic E-state index is 0.00534. The van der Waals surface area contributed by atoms with Crippen LogP contribution in [0.15, 0.2) is 79.0 Å². The number of benzene rings is 2. The Bertz CT molecular complexity index is 862. The summed E-state index contributed by atoms with van der Waals surface area (Å²) in [6, 6.07) is 19.8. The predicted molar refractivity (Wildman–Crippen MR) is 120 cm³/mol. The van der Waals surface area contributed by atoms with Crippen molar-refractivity contribution in [3.05, 3.63) is 90.1 Å². The van der Waals surface area contributed by atoms with Crippen LogP contribution >= 0.6 is 0 Å². The van der Waals surface area contributed by atoms with E-state index in [0.29, 0.717) is 25.9 Å². The first-order chi connectivity index (χ1) is 14.7. The summed E-state index contributed by atoms with van der Waals surface area (Å²) in [4.78, 5) is 26.9. The summed E-state index contributed by atoms with van der Waals surface area (Å²) in [6.07, 6.45) is 8.96. The van der Waals surface area contributed by atoms with Gasteiger partial charge >= 0.3 is 0 Å². The average molecular weight is 404 g/mol. The standard InChI is InChI=1S/C25H29N3O2/c29-24-20-23(22-12-5-2-6-13-22)26-17-9-19-28(18-8-7-16-27-24)25(30)15-14-21-10-3-1-4-11-21/h1-7,10-16,23,26H,8-9,17-20H2,(H,27,29)/b15-14+,16-7+/t23-/m1/s1. The number of amides is 2. The van der Waals surface area contributed by atoms with Crippen molar-refractivity contribution < 1.29 is 9.59 Å². The largest absolute Gasteiger partial charge is 0.339 e. The van der Waals surface area contributed by atoms with Gasteiger partial charge in [-0.2, -0.15) is 0 Å². The van der Waals surface area contributed by atoms with Crippen molar-refractivity contribution in [1.82, 2.24) is 15.5 Å². The fourth-order valence-corrected chi connectivity index (χ4v) is 3.42. The summed E-state index contributed by atoms with van der Waals surface area (Å²) in [5.41, 5.74) is 2.09. The van der Waals surface area contributed by atoms with Crippen LogP contribution in [-0.4, -0.2) is 36.3 Å². The zero-order valence-corrected chi connectivity index (χ0v) is 17.2. The first kappa shape index (κ1) is 21.5. The molecule has 0 unspecified atom stereocenters. The van der Waals surface area contributed by atoms with Crippen LogP contribution in [0.3, 0.4) is 0 Å². The predicted octanol–water partition coefficient (Wildman–Crippen LogP) is 3.67. The van der Waals surface area contributed by atoms with Crippen molar-refractivity contribution >= 4 is 17.9 Å². The molecule has 5 heteroatoms. The van der Waals surface area contributed by atoms with Gasteiger partial charge < -0.3 is 15.5 Å². The molecule has 0 saturated heterocycles. The van der Waals surface area contributed by atoms with Crippen molar-refractivity contribution in [1.29, 1.82) is 0 Å². The second-order valence-electron chi connectivity index (χ2n) is 7.30. The lowest BCUT2D eigenvalue weighted by Crippen LogP contribution is -2.34. The molecule has 2 amide bonds. The topological polar surface area (TPSA) is 61.4 Å². The number of nitrogens with zero attached hydrogens (tertiary/aromatic N) is 1. The molecule has 0 saturated carbocycles. The van der Waals surface area contributed by atoms with Gasteiger partial charge in [-0.25, -0.2) is 0 Å². The molecule has 5 nitrogen and oxygen atoms in total. The molecule has 0 aromatic heterocycles. The molecule has 156 valence electrons. The van der Waals surface area contributed by atoms with Gasteiger partial charge in [0.05, 0.1) is 0 Å². The first-order valence-corrected chi connectivity index (χ1v) is 10.5. The highest BCUT2D eigenvalue weighted by atomic mass is 16.2. The third-order valence-electron chi connectivity index (χ3n) is 5.04. The second kappa shape index (κ2) is 11.7. The number of carbonyl (C=O) groups is 2. The molecular formula is C25H29N3O2. The molecule has 1 aliphatic heterocycles. The van der Waals surface area contributed by atoms with E-state index in [1.165, 1.54) is 0 Å². The highest BCUT2D eigenvalue weighted by Gasteiger charge is 2.16. The van der Waals surface area contributed by atoms with Gasteiger partial charge in [-0.15, -0.1) is 0 Å². The first-order valence-electron chi connectivity index (χ1n) is 10.5. The third kappa shape index (κ3) is 7.01. The number of rotatable bonds is 3. The minimum atomic E-state index is -0.0533. The van der Waals surface area contributed by atoms with E-state index >= 15 is 0 Å². The van der Waals surface area contributed by atoms with E-state index in [1.54, 1.807) is 12.3 Å². The van der Waals surface area contributed by atoms with E-state index in [4.69, 9.17) is 0 Å². The van der Waals surface area contributed by atoms with Gasteiger partial charge in [0, 0.05) is 31.6 Å². The Morgan fingerprint density at radius 3 is 2.50 bits per heavy atom. The molecule has 1 atom stereocenters. The van der Waals surface area contributed by atoms with Crippen LogP contribution in [-0.2, 0) is 9.59 Å². The SMILES string of the molecule is O=C1C[C@H](c2ccccc2)NCCCN(C(=O)/C=C/c2ccccc2)CC/C=C/N1. The van der Waals surface area contributed by atoms with Crippen molar-refractivity contribution in [3.8, 4) is 0 Å². The number of hydrogen-bond donors (Lipinski definition) is 2. The highest BCUT2D eigenvalue weighted by Crippen LogP contribution is 2.16. The third-order valence-corrected chi connectivity index (χ3v) is 5.04. The van der Waals surface area contributed by atoms with E-state index in [9.17, 15) is 9.59 Å². The van der Waals surface area contributed by atoms with E-state index in [0.717, 1.165) is 24.1 Å². The van der Waals surface area contributed by atoms with Gasteiger partial charge in [0.15, 0.2) is 0 Å². The summed E-state index contributed by atoms with van der Waals surface area (Å²) in [5.74, 6) is -0.0173. The molecule has 0 aliphatic carbocycles. The van der Waals surface area contributed by atoms with Gasteiger partial charge in [0.25, 0.3) is 0 Å². The molecule has 2 aromatic rings. The van der Waals surface area contributed by atoms with Crippen LogP contribution in [0.4, 0.5) is 0 Å². The molecule has 3 rings (SSSR count). The maximum Gasteiger partial charge on any atom is 0.246 e. The highest BCUT2D eigenvalue weighted by molar-refractivity contribution is 5.91. The molecule has 2 aromatic carbocycles. The fraction of sp³-hybridized carbons (Fsp3) is 0.280. The van der Waals surface area contributed by atoms with Crippen LogP contribution in [0.25, 0.3) is 6.08 Å². The Morgan fingerprint density at radius 2 is 1.73 bits per heavy atom.